The van der Waals surface area contributed by atoms with E-state index < -0.39 is 0 Å². The number of hydrogen-bond acceptors (Lipinski definition) is 2. The van der Waals surface area contributed by atoms with Gasteiger partial charge >= 0.3 is 0 Å². The average Bonchev–Trinajstić information content (AvgIpc) is 2.26. The number of nitrogens with zero attached hydrogens (tertiary/aromatic N) is 1. The fourth-order valence-electron chi connectivity index (χ4n) is 1.77. The molecule has 0 atom stereocenters. The lowest BCUT2D eigenvalue weighted by Gasteiger charge is -2.07. The molecule has 0 radical (unpaired) electrons. The van der Waals surface area contributed by atoms with Crippen molar-refractivity contribution in [2.75, 3.05) is 13.1 Å². The summed E-state index contributed by atoms with van der Waals surface area (Å²) in [6, 6.07) is 8.75. The average molecular weight is 216 g/mol. The Balaban J connectivity index is 2.25. The molecule has 0 aromatic heterocycles. The molecule has 0 aliphatic rings. The molecule has 0 unspecified atom stereocenters. The van der Waals surface area contributed by atoms with Gasteiger partial charge in [-0.25, -0.2) is 0 Å². The molecule has 0 fully saturated rings. The zero-order valence-electron chi connectivity index (χ0n) is 10.2. The van der Waals surface area contributed by atoms with Gasteiger partial charge in [-0.05, 0) is 50.9 Å². The molecule has 0 saturated carbocycles. The molecule has 2 nitrogen and oxygen atoms in total. The zero-order valence-corrected chi connectivity index (χ0v) is 10.2. The van der Waals surface area contributed by atoms with E-state index in [4.69, 9.17) is 5.26 Å². The summed E-state index contributed by atoms with van der Waals surface area (Å²) in [5, 5.41) is 11.7. The highest BCUT2D eigenvalue weighted by Gasteiger charge is 1.97. The van der Waals surface area contributed by atoms with Gasteiger partial charge in [0.05, 0.1) is 6.07 Å². The quantitative estimate of drug-likeness (QED) is 0.742. The molecule has 0 amide bonds. The molecule has 0 heterocycles. The van der Waals surface area contributed by atoms with Crippen molar-refractivity contribution in [3.8, 4) is 6.07 Å². The number of nitriles is 1. The summed E-state index contributed by atoms with van der Waals surface area (Å²) < 4.78 is 0. The minimum absolute atomic E-state index is 0.649. The van der Waals surface area contributed by atoms with Gasteiger partial charge in [0, 0.05) is 6.42 Å². The highest BCUT2D eigenvalue weighted by molar-refractivity contribution is 5.30. The Morgan fingerprint density at radius 1 is 1.25 bits per heavy atom. The van der Waals surface area contributed by atoms with E-state index in [9.17, 15) is 0 Å². The molecule has 86 valence electrons. The van der Waals surface area contributed by atoms with Crippen LogP contribution in [0.4, 0.5) is 0 Å². The Morgan fingerprint density at radius 3 is 2.75 bits per heavy atom. The van der Waals surface area contributed by atoms with Crippen molar-refractivity contribution < 1.29 is 0 Å². The molecule has 2 heteroatoms. The first-order valence-electron chi connectivity index (χ1n) is 5.88. The van der Waals surface area contributed by atoms with Crippen molar-refractivity contribution in [1.82, 2.24) is 5.32 Å². The van der Waals surface area contributed by atoms with E-state index in [2.05, 4.69) is 43.4 Å². The maximum Gasteiger partial charge on any atom is 0.0622 e. The van der Waals surface area contributed by atoms with Gasteiger partial charge < -0.3 is 5.32 Å². The standard InChI is InChI=1S/C14H20N2/c1-12-5-6-14(13(2)11-12)7-10-16-9-4-3-8-15/h5-6,11,16H,3-4,7,9-10H2,1-2H3. The number of nitrogens with one attached hydrogen (secondary N) is 1. The van der Waals surface area contributed by atoms with Crippen LogP contribution in [0.2, 0.25) is 0 Å². The molecular formula is C14H20N2. The van der Waals surface area contributed by atoms with Gasteiger partial charge in [0.15, 0.2) is 0 Å². The van der Waals surface area contributed by atoms with Crippen LogP contribution in [-0.2, 0) is 6.42 Å². The number of hydrogen-bond donors (Lipinski definition) is 1. The highest BCUT2D eigenvalue weighted by atomic mass is 14.8. The van der Waals surface area contributed by atoms with Crippen LogP contribution >= 0.6 is 0 Å². The fourth-order valence-corrected chi connectivity index (χ4v) is 1.77. The predicted molar refractivity (Wildman–Crippen MR) is 67.3 cm³/mol. The van der Waals surface area contributed by atoms with E-state index in [0.717, 1.165) is 25.9 Å². The van der Waals surface area contributed by atoms with Crippen LogP contribution < -0.4 is 5.32 Å². The van der Waals surface area contributed by atoms with Crippen LogP contribution in [0.3, 0.4) is 0 Å². The van der Waals surface area contributed by atoms with Crippen molar-refractivity contribution in [3.05, 3.63) is 34.9 Å². The van der Waals surface area contributed by atoms with Crippen molar-refractivity contribution in [2.24, 2.45) is 0 Å². The minimum Gasteiger partial charge on any atom is -0.316 e. The largest absolute Gasteiger partial charge is 0.316 e. The Kier molecular flexibility index (Phi) is 5.60. The second-order valence-electron chi connectivity index (χ2n) is 4.19. The van der Waals surface area contributed by atoms with Crippen LogP contribution in [-0.4, -0.2) is 13.1 Å². The third-order valence-electron chi connectivity index (χ3n) is 2.71. The Labute approximate surface area is 98.3 Å². The van der Waals surface area contributed by atoms with E-state index >= 15 is 0 Å². The first kappa shape index (κ1) is 12.7. The SMILES string of the molecule is Cc1ccc(CCNCCCC#N)c(C)c1. The van der Waals surface area contributed by atoms with E-state index in [-0.39, 0.29) is 0 Å². The molecule has 1 aromatic rings. The summed E-state index contributed by atoms with van der Waals surface area (Å²) in [4.78, 5) is 0. The molecule has 0 bridgehead atoms. The maximum absolute atomic E-state index is 8.39. The van der Waals surface area contributed by atoms with Gasteiger partial charge in [0.1, 0.15) is 0 Å². The fraction of sp³-hybridized carbons (Fsp3) is 0.500. The van der Waals surface area contributed by atoms with Gasteiger partial charge in [0.2, 0.25) is 0 Å². The summed E-state index contributed by atoms with van der Waals surface area (Å²) in [7, 11) is 0. The van der Waals surface area contributed by atoms with Crippen LogP contribution in [0.5, 0.6) is 0 Å². The third-order valence-corrected chi connectivity index (χ3v) is 2.71. The van der Waals surface area contributed by atoms with E-state index in [1.54, 1.807) is 0 Å². The third kappa shape index (κ3) is 4.46. The van der Waals surface area contributed by atoms with Gasteiger partial charge in [-0.15, -0.1) is 0 Å². The number of aryl methyl sites for hydroxylation is 2. The molecule has 0 aliphatic heterocycles. The lowest BCUT2D eigenvalue weighted by Crippen LogP contribution is -2.18. The van der Waals surface area contributed by atoms with Gasteiger partial charge in [-0.1, -0.05) is 23.8 Å². The molecule has 1 rings (SSSR count). The van der Waals surface area contributed by atoms with Crippen molar-refractivity contribution >= 4 is 0 Å². The Hall–Kier alpha value is -1.33. The topological polar surface area (TPSA) is 35.8 Å². The van der Waals surface area contributed by atoms with Crippen LogP contribution in [0.25, 0.3) is 0 Å². The predicted octanol–water partition coefficient (Wildman–Crippen LogP) is 2.74. The summed E-state index contributed by atoms with van der Waals surface area (Å²) in [5.74, 6) is 0. The molecule has 0 aliphatic carbocycles. The lowest BCUT2D eigenvalue weighted by atomic mass is 10.0. The monoisotopic (exact) mass is 216 g/mol. The number of unbranched alkanes of at least 4 members (excludes halogenated alkanes) is 1. The van der Waals surface area contributed by atoms with Crippen molar-refractivity contribution in [1.29, 1.82) is 5.26 Å². The molecule has 16 heavy (non-hydrogen) atoms. The molecule has 1 N–H and O–H groups in total. The van der Waals surface area contributed by atoms with E-state index in [0.29, 0.717) is 6.42 Å². The molecule has 1 aromatic carbocycles. The van der Waals surface area contributed by atoms with Gasteiger partial charge in [-0.3, -0.25) is 0 Å². The van der Waals surface area contributed by atoms with Gasteiger partial charge in [0.25, 0.3) is 0 Å². The summed E-state index contributed by atoms with van der Waals surface area (Å²) in [6.45, 7) is 6.22. The molecular weight excluding hydrogens is 196 g/mol. The van der Waals surface area contributed by atoms with Crippen LogP contribution in [0.1, 0.15) is 29.5 Å². The van der Waals surface area contributed by atoms with Gasteiger partial charge in [-0.2, -0.15) is 5.26 Å². The molecule has 0 saturated heterocycles. The number of benzene rings is 1. The first-order valence-corrected chi connectivity index (χ1v) is 5.88. The zero-order chi connectivity index (χ0) is 11.8. The molecule has 0 spiro atoms. The van der Waals surface area contributed by atoms with E-state index in [1.165, 1.54) is 16.7 Å². The Morgan fingerprint density at radius 2 is 2.06 bits per heavy atom. The minimum atomic E-state index is 0.649. The van der Waals surface area contributed by atoms with Crippen molar-refractivity contribution in [2.45, 2.75) is 33.1 Å². The summed E-state index contributed by atoms with van der Waals surface area (Å²) in [5.41, 5.74) is 4.11. The normalized spacial score (nSPS) is 10.1. The second-order valence-corrected chi connectivity index (χ2v) is 4.19. The summed E-state index contributed by atoms with van der Waals surface area (Å²) >= 11 is 0. The smallest absolute Gasteiger partial charge is 0.0622 e. The lowest BCUT2D eigenvalue weighted by molar-refractivity contribution is 0.654. The highest BCUT2D eigenvalue weighted by Crippen LogP contribution is 2.10. The second kappa shape index (κ2) is 7.03. The summed E-state index contributed by atoms with van der Waals surface area (Å²) in [6.07, 6.45) is 2.67. The van der Waals surface area contributed by atoms with Crippen molar-refractivity contribution in [3.63, 3.8) is 0 Å². The van der Waals surface area contributed by atoms with Crippen LogP contribution in [0, 0.1) is 25.2 Å². The van der Waals surface area contributed by atoms with Crippen LogP contribution in [0.15, 0.2) is 18.2 Å². The maximum atomic E-state index is 8.39. The Bertz CT molecular complexity index is 363. The number of rotatable bonds is 6. The first-order chi connectivity index (χ1) is 7.74. The van der Waals surface area contributed by atoms with E-state index in [1.807, 2.05) is 0 Å².